The summed E-state index contributed by atoms with van der Waals surface area (Å²) in [5.41, 5.74) is 0.830. The van der Waals surface area contributed by atoms with Crippen LogP contribution < -0.4 is 0 Å². The summed E-state index contributed by atoms with van der Waals surface area (Å²) in [7, 11) is 2.04. The van der Waals surface area contributed by atoms with Crippen LogP contribution >= 0.6 is 11.3 Å². The maximum Gasteiger partial charge on any atom is 0.365 e. The van der Waals surface area contributed by atoms with E-state index < -0.39 is 5.97 Å². The molecule has 1 aromatic heterocycles. The lowest BCUT2D eigenvalue weighted by atomic mass is 10.0. The van der Waals surface area contributed by atoms with E-state index in [4.69, 9.17) is 9.84 Å². The molecule has 1 N–H and O–H groups in total. The standard InChI is InChI=1S/C12H18N2O3S/c1-14(5-9-3-2-4-17-7-9)6-10-8-18-11(13-10)12(15)16/h8-9H,2-7H2,1H3,(H,15,16). The fraction of sp³-hybridized carbons (Fsp3) is 0.667. The third-order valence-electron chi connectivity index (χ3n) is 2.99. The first kappa shape index (κ1) is 13.5. The third kappa shape index (κ3) is 3.76. The van der Waals surface area contributed by atoms with Crippen molar-refractivity contribution in [1.82, 2.24) is 9.88 Å². The van der Waals surface area contributed by atoms with Gasteiger partial charge < -0.3 is 14.7 Å². The molecule has 6 heteroatoms. The highest BCUT2D eigenvalue weighted by atomic mass is 32.1. The van der Waals surface area contributed by atoms with Gasteiger partial charge in [-0.25, -0.2) is 9.78 Å². The lowest BCUT2D eigenvalue weighted by molar-refractivity contribution is 0.0410. The minimum atomic E-state index is -0.949. The lowest BCUT2D eigenvalue weighted by Crippen LogP contribution is -2.30. The Balaban J connectivity index is 1.82. The second-order valence-electron chi connectivity index (χ2n) is 4.73. The first-order valence-electron chi connectivity index (χ1n) is 6.09. The molecule has 1 unspecified atom stereocenters. The minimum Gasteiger partial charge on any atom is -0.476 e. The van der Waals surface area contributed by atoms with Crippen molar-refractivity contribution < 1.29 is 14.6 Å². The van der Waals surface area contributed by atoms with Crippen molar-refractivity contribution in [1.29, 1.82) is 0 Å². The van der Waals surface area contributed by atoms with Gasteiger partial charge in [-0.15, -0.1) is 11.3 Å². The van der Waals surface area contributed by atoms with Gasteiger partial charge in [0.1, 0.15) is 0 Å². The number of carboxylic acids is 1. The number of hydrogen-bond acceptors (Lipinski definition) is 5. The SMILES string of the molecule is CN(Cc1csc(C(=O)O)n1)CC1CCCOC1. The summed E-state index contributed by atoms with van der Waals surface area (Å²) in [5.74, 6) is -0.365. The van der Waals surface area contributed by atoms with Crippen LogP contribution in [0.1, 0.15) is 28.3 Å². The van der Waals surface area contributed by atoms with Gasteiger partial charge in [-0.3, -0.25) is 0 Å². The number of carbonyl (C=O) groups is 1. The molecule has 0 aromatic carbocycles. The average Bonchev–Trinajstić information content (AvgIpc) is 2.78. The number of rotatable bonds is 5. The van der Waals surface area contributed by atoms with Crippen molar-refractivity contribution in [3.05, 3.63) is 16.1 Å². The zero-order chi connectivity index (χ0) is 13.0. The molecule has 18 heavy (non-hydrogen) atoms. The van der Waals surface area contributed by atoms with E-state index in [2.05, 4.69) is 9.88 Å². The van der Waals surface area contributed by atoms with Crippen LogP contribution in [0.2, 0.25) is 0 Å². The summed E-state index contributed by atoms with van der Waals surface area (Å²) < 4.78 is 5.45. The summed E-state index contributed by atoms with van der Waals surface area (Å²) in [6, 6.07) is 0. The maximum absolute atomic E-state index is 10.7. The third-order valence-corrected chi connectivity index (χ3v) is 3.87. The molecule has 5 nitrogen and oxygen atoms in total. The number of carboxylic acid groups (broad SMARTS) is 1. The molecule has 2 rings (SSSR count). The Labute approximate surface area is 110 Å². The molecule has 1 atom stereocenters. The maximum atomic E-state index is 10.7. The van der Waals surface area contributed by atoms with Gasteiger partial charge >= 0.3 is 5.97 Å². The molecule has 1 aromatic rings. The molecule has 0 saturated carbocycles. The van der Waals surface area contributed by atoms with Crippen LogP contribution in [0.25, 0.3) is 0 Å². The Bertz CT molecular complexity index is 402. The van der Waals surface area contributed by atoms with Crippen LogP contribution in [0, 0.1) is 5.92 Å². The average molecular weight is 270 g/mol. The number of aromatic nitrogens is 1. The van der Waals surface area contributed by atoms with Gasteiger partial charge in [0.2, 0.25) is 5.01 Å². The molecule has 1 aliphatic heterocycles. The predicted octanol–water partition coefficient (Wildman–Crippen LogP) is 1.70. The van der Waals surface area contributed by atoms with E-state index in [1.807, 2.05) is 12.4 Å². The van der Waals surface area contributed by atoms with Gasteiger partial charge in [-0.1, -0.05) is 0 Å². The van der Waals surface area contributed by atoms with Gasteiger partial charge in [0.15, 0.2) is 0 Å². The largest absolute Gasteiger partial charge is 0.476 e. The fourth-order valence-electron chi connectivity index (χ4n) is 2.21. The molecule has 1 fully saturated rings. The smallest absolute Gasteiger partial charge is 0.365 e. The Morgan fingerprint density at radius 2 is 2.56 bits per heavy atom. The van der Waals surface area contributed by atoms with E-state index in [9.17, 15) is 4.79 Å². The first-order chi connectivity index (χ1) is 8.65. The normalized spacial score (nSPS) is 20.2. The highest BCUT2D eigenvalue weighted by molar-refractivity contribution is 7.11. The summed E-state index contributed by atoms with van der Waals surface area (Å²) in [6.45, 7) is 3.39. The van der Waals surface area contributed by atoms with Crippen molar-refractivity contribution in [3.63, 3.8) is 0 Å². The molecule has 2 heterocycles. The number of aromatic carboxylic acids is 1. The molecule has 0 amide bonds. The lowest BCUT2D eigenvalue weighted by Gasteiger charge is -2.26. The van der Waals surface area contributed by atoms with E-state index in [-0.39, 0.29) is 5.01 Å². The zero-order valence-corrected chi connectivity index (χ0v) is 11.3. The van der Waals surface area contributed by atoms with E-state index in [0.717, 1.165) is 31.9 Å². The van der Waals surface area contributed by atoms with Crippen LogP contribution in [-0.4, -0.2) is 47.8 Å². The second-order valence-corrected chi connectivity index (χ2v) is 5.59. The molecular formula is C12H18N2O3S. The Kier molecular flexibility index (Phi) is 4.68. The zero-order valence-electron chi connectivity index (χ0n) is 10.5. The number of hydrogen-bond donors (Lipinski definition) is 1. The molecular weight excluding hydrogens is 252 g/mol. The van der Waals surface area contributed by atoms with Crippen LogP contribution in [0.4, 0.5) is 0 Å². The summed E-state index contributed by atoms with van der Waals surface area (Å²) in [4.78, 5) is 17.0. The number of thiazole rings is 1. The summed E-state index contributed by atoms with van der Waals surface area (Å²) >= 11 is 1.18. The Hall–Kier alpha value is -0.980. The van der Waals surface area contributed by atoms with Crippen molar-refractivity contribution in [2.75, 3.05) is 26.8 Å². The van der Waals surface area contributed by atoms with E-state index in [1.54, 1.807) is 0 Å². The monoisotopic (exact) mass is 270 g/mol. The highest BCUT2D eigenvalue weighted by Crippen LogP contribution is 2.16. The summed E-state index contributed by atoms with van der Waals surface area (Å²) in [6.07, 6.45) is 2.35. The van der Waals surface area contributed by atoms with E-state index >= 15 is 0 Å². The molecule has 1 saturated heterocycles. The molecule has 100 valence electrons. The van der Waals surface area contributed by atoms with Crippen molar-refractivity contribution in [2.24, 2.45) is 5.92 Å². The summed E-state index contributed by atoms with van der Waals surface area (Å²) in [5, 5.41) is 10.8. The molecule has 1 aliphatic rings. The van der Waals surface area contributed by atoms with Gasteiger partial charge in [-0.2, -0.15) is 0 Å². The molecule has 0 aliphatic carbocycles. The number of nitrogens with zero attached hydrogens (tertiary/aromatic N) is 2. The number of ether oxygens (including phenoxy) is 1. The minimum absolute atomic E-state index is 0.166. The van der Waals surface area contributed by atoms with Crippen LogP contribution in [0.15, 0.2) is 5.38 Å². The van der Waals surface area contributed by atoms with E-state index in [1.165, 1.54) is 17.8 Å². The predicted molar refractivity (Wildman–Crippen MR) is 69.0 cm³/mol. The first-order valence-corrected chi connectivity index (χ1v) is 6.97. The second kappa shape index (κ2) is 6.26. The fourth-order valence-corrected chi connectivity index (χ4v) is 2.86. The molecule has 0 spiro atoms. The Morgan fingerprint density at radius 3 is 3.17 bits per heavy atom. The van der Waals surface area contributed by atoms with Crippen LogP contribution in [-0.2, 0) is 11.3 Å². The topological polar surface area (TPSA) is 62.7 Å². The molecule has 0 radical (unpaired) electrons. The van der Waals surface area contributed by atoms with Crippen LogP contribution in [0.3, 0.4) is 0 Å². The van der Waals surface area contributed by atoms with Crippen molar-refractivity contribution >= 4 is 17.3 Å². The highest BCUT2D eigenvalue weighted by Gasteiger charge is 2.17. The van der Waals surface area contributed by atoms with E-state index in [0.29, 0.717) is 12.5 Å². The van der Waals surface area contributed by atoms with Crippen LogP contribution in [0.5, 0.6) is 0 Å². The van der Waals surface area contributed by atoms with Gasteiger partial charge in [-0.05, 0) is 25.8 Å². The van der Waals surface area contributed by atoms with Crippen molar-refractivity contribution in [3.8, 4) is 0 Å². The Morgan fingerprint density at radius 1 is 1.72 bits per heavy atom. The van der Waals surface area contributed by atoms with Gasteiger partial charge in [0, 0.05) is 25.1 Å². The molecule has 0 bridgehead atoms. The van der Waals surface area contributed by atoms with Gasteiger partial charge in [0.05, 0.1) is 12.3 Å². The van der Waals surface area contributed by atoms with Gasteiger partial charge in [0.25, 0.3) is 0 Å². The quantitative estimate of drug-likeness (QED) is 0.882. The van der Waals surface area contributed by atoms with Crippen molar-refractivity contribution in [2.45, 2.75) is 19.4 Å².